The van der Waals surface area contributed by atoms with Gasteiger partial charge in [-0.15, -0.1) is 0 Å². The zero-order valence-corrected chi connectivity index (χ0v) is 13.1. The number of rotatable bonds is 2. The van der Waals surface area contributed by atoms with Crippen LogP contribution >= 0.6 is 0 Å². The van der Waals surface area contributed by atoms with Gasteiger partial charge in [-0.1, -0.05) is 29.8 Å². The Morgan fingerprint density at radius 2 is 1.83 bits per heavy atom. The fourth-order valence-corrected chi connectivity index (χ4v) is 2.76. The molecule has 2 aromatic rings. The van der Waals surface area contributed by atoms with Gasteiger partial charge >= 0.3 is 0 Å². The summed E-state index contributed by atoms with van der Waals surface area (Å²) in [5.41, 5.74) is 1.72. The summed E-state index contributed by atoms with van der Waals surface area (Å²) in [6.07, 6.45) is 0. The monoisotopic (exact) mass is 330 g/mol. The van der Waals surface area contributed by atoms with Gasteiger partial charge in [0.25, 0.3) is 5.91 Å². The second kappa shape index (κ2) is 6.39. The van der Waals surface area contributed by atoms with E-state index >= 15 is 0 Å². The van der Waals surface area contributed by atoms with Gasteiger partial charge in [0.1, 0.15) is 6.04 Å². The standard InChI is InChI=1S/C18H16F2N2O2/c1-11-2-4-12(5-3-11)16-17(23)21-8-9-22(16)18(24)13-6-7-14(19)15(20)10-13/h2-7,10,16H,8-9H2,1H3,(H,21,23). The molecular weight excluding hydrogens is 314 g/mol. The summed E-state index contributed by atoms with van der Waals surface area (Å²) in [5.74, 6) is -2.90. The van der Waals surface area contributed by atoms with E-state index in [1.807, 2.05) is 19.1 Å². The lowest BCUT2D eigenvalue weighted by molar-refractivity contribution is -0.128. The largest absolute Gasteiger partial charge is 0.352 e. The van der Waals surface area contributed by atoms with Crippen molar-refractivity contribution in [3.8, 4) is 0 Å². The first-order valence-corrected chi connectivity index (χ1v) is 7.57. The Balaban J connectivity index is 1.96. The molecule has 0 spiro atoms. The van der Waals surface area contributed by atoms with E-state index in [1.54, 1.807) is 12.1 Å². The van der Waals surface area contributed by atoms with E-state index in [0.717, 1.165) is 17.7 Å². The topological polar surface area (TPSA) is 49.4 Å². The molecule has 1 aliphatic rings. The number of carbonyl (C=O) groups excluding carboxylic acids is 2. The van der Waals surface area contributed by atoms with Crippen LogP contribution in [0.5, 0.6) is 0 Å². The van der Waals surface area contributed by atoms with E-state index in [-0.39, 0.29) is 11.5 Å². The van der Waals surface area contributed by atoms with E-state index in [1.165, 1.54) is 11.0 Å². The van der Waals surface area contributed by atoms with Crippen molar-refractivity contribution in [1.82, 2.24) is 10.2 Å². The number of hydrogen-bond acceptors (Lipinski definition) is 2. The quantitative estimate of drug-likeness (QED) is 0.920. The van der Waals surface area contributed by atoms with Crippen LogP contribution in [0.3, 0.4) is 0 Å². The van der Waals surface area contributed by atoms with Crippen LogP contribution < -0.4 is 5.32 Å². The van der Waals surface area contributed by atoms with Crippen LogP contribution in [-0.4, -0.2) is 29.8 Å². The van der Waals surface area contributed by atoms with Crippen molar-refractivity contribution in [3.63, 3.8) is 0 Å². The molecule has 1 N–H and O–H groups in total. The van der Waals surface area contributed by atoms with Crippen molar-refractivity contribution in [2.45, 2.75) is 13.0 Å². The number of amides is 2. The van der Waals surface area contributed by atoms with Gasteiger partial charge in [-0.25, -0.2) is 8.78 Å². The lowest BCUT2D eigenvalue weighted by Crippen LogP contribution is -2.52. The SMILES string of the molecule is Cc1ccc(C2C(=O)NCCN2C(=O)c2ccc(F)c(F)c2)cc1. The molecule has 4 nitrogen and oxygen atoms in total. The van der Waals surface area contributed by atoms with Crippen molar-refractivity contribution in [3.05, 3.63) is 70.8 Å². The van der Waals surface area contributed by atoms with E-state index in [2.05, 4.69) is 5.32 Å². The van der Waals surface area contributed by atoms with Gasteiger partial charge in [0.2, 0.25) is 5.91 Å². The number of piperazine rings is 1. The van der Waals surface area contributed by atoms with E-state index < -0.39 is 23.6 Å². The summed E-state index contributed by atoms with van der Waals surface area (Å²) in [5, 5.41) is 2.74. The van der Waals surface area contributed by atoms with Gasteiger partial charge in [0.05, 0.1) is 0 Å². The third-order valence-corrected chi connectivity index (χ3v) is 4.03. The van der Waals surface area contributed by atoms with Gasteiger partial charge in [-0.2, -0.15) is 0 Å². The normalized spacial score (nSPS) is 17.5. The summed E-state index contributed by atoms with van der Waals surface area (Å²) in [6.45, 7) is 2.54. The molecule has 24 heavy (non-hydrogen) atoms. The number of nitrogens with one attached hydrogen (secondary N) is 1. The molecule has 0 radical (unpaired) electrons. The molecule has 6 heteroatoms. The number of hydrogen-bond donors (Lipinski definition) is 1. The summed E-state index contributed by atoms with van der Waals surface area (Å²) >= 11 is 0. The van der Waals surface area contributed by atoms with Crippen LogP contribution in [-0.2, 0) is 4.79 Å². The molecule has 0 aromatic heterocycles. The van der Waals surface area contributed by atoms with Gasteiger partial charge < -0.3 is 10.2 Å². The molecule has 2 aromatic carbocycles. The number of nitrogens with zero attached hydrogens (tertiary/aromatic N) is 1. The Kier molecular flexibility index (Phi) is 4.29. The lowest BCUT2D eigenvalue weighted by Gasteiger charge is -2.35. The van der Waals surface area contributed by atoms with Crippen molar-refractivity contribution < 1.29 is 18.4 Å². The highest BCUT2D eigenvalue weighted by Crippen LogP contribution is 2.26. The molecule has 1 aliphatic heterocycles. The van der Waals surface area contributed by atoms with Gasteiger partial charge in [-0.3, -0.25) is 9.59 Å². The second-order valence-electron chi connectivity index (χ2n) is 5.73. The molecule has 0 aliphatic carbocycles. The molecule has 1 fully saturated rings. The Morgan fingerprint density at radius 3 is 2.50 bits per heavy atom. The summed E-state index contributed by atoms with van der Waals surface area (Å²) < 4.78 is 26.5. The maximum absolute atomic E-state index is 13.4. The molecule has 1 saturated heterocycles. The maximum atomic E-state index is 13.4. The summed E-state index contributed by atoms with van der Waals surface area (Å²) in [6, 6.07) is 9.49. The molecule has 1 unspecified atom stereocenters. The van der Waals surface area contributed by atoms with Crippen LogP contribution in [0.25, 0.3) is 0 Å². The highest BCUT2D eigenvalue weighted by atomic mass is 19.2. The third-order valence-electron chi connectivity index (χ3n) is 4.03. The molecule has 1 heterocycles. The van der Waals surface area contributed by atoms with Crippen molar-refractivity contribution in [2.24, 2.45) is 0 Å². The molecule has 124 valence electrons. The minimum Gasteiger partial charge on any atom is -0.352 e. The smallest absolute Gasteiger partial charge is 0.254 e. The average Bonchev–Trinajstić information content (AvgIpc) is 2.57. The van der Waals surface area contributed by atoms with Crippen LogP contribution in [0.2, 0.25) is 0 Å². The Morgan fingerprint density at radius 1 is 1.12 bits per heavy atom. The summed E-state index contributed by atoms with van der Waals surface area (Å²) in [7, 11) is 0. The van der Waals surface area contributed by atoms with Crippen LogP contribution in [0.1, 0.15) is 27.5 Å². The van der Waals surface area contributed by atoms with E-state index in [0.29, 0.717) is 18.7 Å². The molecule has 0 saturated carbocycles. The Bertz CT molecular complexity index is 790. The first-order chi connectivity index (χ1) is 11.5. The Labute approximate surface area is 138 Å². The fraction of sp³-hybridized carbons (Fsp3) is 0.222. The van der Waals surface area contributed by atoms with Crippen molar-refractivity contribution >= 4 is 11.8 Å². The second-order valence-corrected chi connectivity index (χ2v) is 5.73. The number of halogens is 2. The molecule has 2 amide bonds. The molecule has 1 atom stereocenters. The minimum atomic E-state index is -1.09. The van der Waals surface area contributed by atoms with Crippen LogP contribution in [0, 0.1) is 18.6 Å². The highest BCUT2D eigenvalue weighted by molar-refractivity contribution is 5.98. The molecule has 0 bridgehead atoms. The number of benzene rings is 2. The predicted octanol–water partition coefficient (Wildman–Crippen LogP) is 2.59. The molecular formula is C18H16F2N2O2. The third kappa shape index (κ3) is 2.99. The van der Waals surface area contributed by atoms with Crippen molar-refractivity contribution in [2.75, 3.05) is 13.1 Å². The first kappa shape index (κ1) is 16.1. The van der Waals surface area contributed by atoms with Crippen molar-refractivity contribution in [1.29, 1.82) is 0 Å². The van der Waals surface area contributed by atoms with Crippen LogP contribution in [0.15, 0.2) is 42.5 Å². The highest BCUT2D eigenvalue weighted by Gasteiger charge is 2.34. The average molecular weight is 330 g/mol. The maximum Gasteiger partial charge on any atom is 0.254 e. The minimum absolute atomic E-state index is 0.0145. The summed E-state index contributed by atoms with van der Waals surface area (Å²) in [4.78, 5) is 26.4. The number of carbonyl (C=O) groups is 2. The van der Waals surface area contributed by atoms with E-state index in [4.69, 9.17) is 0 Å². The molecule has 3 rings (SSSR count). The van der Waals surface area contributed by atoms with E-state index in [9.17, 15) is 18.4 Å². The predicted molar refractivity (Wildman–Crippen MR) is 84.3 cm³/mol. The Hall–Kier alpha value is -2.76. The lowest BCUT2D eigenvalue weighted by atomic mass is 10.00. The van der Waals surface area contributed by atoms with Gasteiger partial charge in [0.15, 0.2) is 11.6 Å². The zero-order chi connectivity index (χ0) is 17.3. The van der Waals surface area contributed by atoms with Gasteiger partial charge in [0, 0.05) is 18.7 Å². The number of aryl methyl sites for hydroxylation is 1. The zero-order valence-electron chi connectivity index (χ0n) is 13.1. The fourth-order valence-electron chi connectivity index (χ4n) is 2.76. The first-order valence-electron chi connectivity index (χ1n) is 7.57. The van der Waals surface area contributed by atoms with Crippen LogP contribution in [0.4, 0.5) is 8.78 Å². The van der Waals surface area contributed by atoms with Gasteiger partial charge in [-0.05, 0) is 30.7 Å².